The number of rotatable bonds is 1. The minimum Gasteiger partial charge on any atom is -0.369 e. The predicted molar refractivity (Wildman–Crippen MR) is 54.8 cm³/mol. The van der Waals surface area contributed by atoms with Gasteiger partial charge in [0.15, 0.2) is 0 Å². The van der Waals surface area contributed by atoms with Gasteiger partial charge in [-0.25, -0.2) is 4.39 Å². The first-order valence-corrected chi connectivity index (χ1v) is 4.61. The molecule has 1 rings (SSSR count). The Balaban J connectivity index is 2.81. The molecule has 0 aromatic heterocycles. The molecule has 72 valence electrons. The summed E-state index contributed by atoms with van der Waals surface area (Å²) >= 11 is 3.02. The van der Waals surface area contributed by atoms with Crippen LogP contribution in [0.3, 0.4) is 0 Å². The molecule has 0 atom stereocenters. The average Bonchev–Trinajstić information content (AvgIpc) is 2.10. The van der Waals surface area contributed by atoms with Crippen LogP contribution in [0.5, 0.6) is 0 Å². The summed E-state index contributed by atoms with van der Waals surface area (Å²) in [5, 5.41) is 0. The van der Waals surface area contributed by atoms with E-state index in [9.17, 15) is 9.18 Å². The zero-order valence-corrected chi connectivity index (χ0v) is 8.77. The highest BCUT2D eigenvalue weighted by Gasteiger charge is 1.97. The Bertz CT molecular complexity index is 420. The van der Waals surface area contributed by atoms with Gasteiger partial charge in [0.25, 0.3) is 0 Å². The summed E-state index contributed by atoms with van der Waals surface area (Å²) < 4.78 is 13.3. The number of amides is 1. The zero-order chi connectivity index (χ0) is 10.6. The van der Waals surface area contributed by atoms with E-state index >= 15 is 0 Å². The van der Waals surface area contributed by atoms with Crippen LogP contribution < -0.4 is 5.73 Å². The van der Waals surface area contributed by atoms with E-state index in [2.05, 4.69) is 27.8 Å². The fourth-order valence-electron chi connectivity index (χ4n) is 0.807. The molecule has 0 saturated carbocycles. The van der Waals surface area contributed by atoms with Gasteiger partial charge in [0.1, 0.15) is 5.82 Å². The highest BCUT2D eigenvalue weighted by atomic mass is 79.9. The van der Waals surface area contributed by atoms with Gasteiger partial charge in [-0.2, -0.15) is 0 Å². The standard InChI is InChI=1S/C10H7BrFNO/c11-8-5-4-7(6-9(8)12)2-1-3-10(13)14/h4-6H,3H2,(H2,13,14). The zero-order valence-electron chi connectivity index (χ0n) is 7.18. The Kier molecular flexibility index (Phi) is 3.66. The summed E-state index contributed by atoms with van der Waals surface area (Å²) in [6.45, 7) is 0. The van der Waals surface area contributed by atoms with Crippen LogP contribution in [0.1, 0.15) is 12.0 Å². The van der Waals surface area contributed by atoms with Crippen molar-refractivity contribution in [2.45, 2.75) is 6.42 Å². The number of nitrogens with two attached hydrogens (primary N) is 1. The lowest BCUT2D eigenvalue weighted by Crippen LogP contribution is -2.08. The second-order valence-electron chi connectivity index (χ2n) is 2.57. The van der Waals surface area contributed by atoms with Crippen LogP contribution in [0, 0.1) is 17.7 Å². The van der Waals surface area contributed by atoms with Crippen LogP contribution in [0.25, 0.3) is 0 Å². The van der Waals surface area contributed by atoms with Crippen molar-refractivity contribution in [2.24, 2.45) is 5.73 Å². The summed E-state index contributed by atoms with van der Waals surface area (Å²) in [5.41, 5.74) is 5.41. The molecule has 0 bridgehead atoms. The van der Waals surface area contributed by atoms with Crippen molar-refractivity contribution in [3.8, 4) is 11.8 Å². The number of benzene rings is 1. The molecule has 0 unspecified atom stereocenters. The third-order valence-electron chi connectivity index (χ3n) is 1.41. The molecule has 0 spiro atoms. The van der Waals surface area contributed by atoms with Gasteiger partial charge in [0.2, 0.25) is 5.91 Å². The Morgan fingerprint density at radius 1 is 1.57 bits per heavy atom. The molecule has 14 heavy (non-hydrogen) atoms. The molecule has 0 fully saturated rings. The van der Waals surface area contributed by atoms with Crippen LogP contribution >= 0.6 is 15.9 Å². The highest BCUT2D eigenvalue weighted by Crippen LogP contribution is 2.15. The first-order valence-electron chi connectivity index (χ1n) is 3.82. The topological polar surface area (TPSA) is 43.1 Å². The molecule has 1 aromatic rings. The molecule has 2 nitrogen and oxygen atoms in total. The molecule has 0 saturated heterocycles. The lowest BCUT2D eigenvalue weighted by molar-refractivity contribution is -0.117. The second kappa shape index (κ2) is 4.77. The predicted octanol–water partition coefficient (Wildman–Crippen LogP) is 1.82. The van der Waals surface area contributed by atoms with E-state index in [1.54, 1.807) is 12.1 Å². The number of carbonyl (C=O) groups excluding carboxylic acids is 1. The maximum Gasteiger partial charge on any atom is 0.229 e. The fourth-order valence-corrected chi connectivity index (χ4v) is 1.05. The van der Waals surface area contributed by atoms with E-state index in [1.807, 2.05) is 0 Å². The van der Waals surface area contributed by atoms with Gasteiger partial charge in [-0.1, -0.05) is 11.8 Å². The van der Waals surface area contributed by atoms with E-state index in [4.69, 9.17) is 5.73 Å². The smallest absolute Gasteiger partial charge is 0.229 e. The highest BCUT2D eigenvalue weighted by molar-refractivity contribution is 9.10. The van der Waals surface area contributed by atoms with Crippen LogP contribution in [0.4, 0.5) is 4.39 Å². The van der Waals surface area contributed by atoms with Gasteiger partial charge in [0.05, 0.1) is 10.9 Å². The molecule has 0 aliphatic heterocycles. The van der Waals surface area contributed by atoms with Gasteiger partial charge in [-0.15, -0.1) is 0 Å². The molecule has 4 heteroatoms. The normalized spacial score (nSPS) is 9.00. The van der Waals surface area contributed by atoms with Crippen molar-refractivity contribution in [3.63, 3.8) is 0 Å². The SMILES string of the molecule is NC(=O)CC#Cc1ccc(Br)c(F)c1. The van der Waals surface area contributed by atoms with E-state index in [0.717, 1.165) is 0 Å². The summed E-state index contributed by atoms with van der Waals surface area (Å²) in [5.74, 6) is 4.30. The third-order valence-corrected chi connectivity index (χ3v) is 2.06. The summed E-state index contributed by atoms with van der Waals surface area (Å²) in [7, 11) is 0. The largest absolute Gasteiger partial charge is 0.369 e. The van der Waals surface area contributed by atoms with Crippen molar-refractivity contribution in [2.75, 3.05) is 0 Å². The van der Waals surface area contributed by atoms with Crippen LogP contribution in [-0.2, 0) is 4.79 Å². The van der Waals surface area contributed by atoms with Crippen molar-refractivity contribution in [3.05, 3.63) is 34.1 Å². The summed E-state index contributed by atoms with van der Waals surface area (Å²) in [6.07, 6.45) is -0.0162. The van der Waals surface area contributed by atoms with Gasteiger partial charge < -0.3 is 5.73 Å². The summed E-state index contributed by atoms with van der Waals surface area (Å²) in [4.78, 5) is 10.3. The number of primary amides is 1. The molecular formula is C10H7BrFNO. The number of carbonyl (C=O) groups is 1. The molecule has 2 N–H and O–H groups in total. The van der Waals surface area contributed by atoms with E-state index in [0.29, 0.717) is 10.0 Å². The average molecular weight is 256 g/mol. The number of halogens is 2. The van der Waals surface area contributed by atoms with Crippen LogP contribution in [-0.4, -0.2) is 5.91 Å². The molecule has 1 amide bonds. The maximum absolute atomic E-state index is 13.0. The lowest BCUT2D eigenvalue weighted by atomic mass is 10.2. The minimum absolute atomic E-state index is 0.0162. The van der Waals surface area contributed by atoms with Crippen LogP contribution in [0.15, 0.2) is 22.7 Å². The number of hydrogen-bond donors (Lipinski definition) is 1. The first-order chi connectivity index (χ1) is 6.59. The van der Waals surface area contributed by atoms with Crippen molar-refractivity contribution in [1.29, 1.82) is 0 Å². The maximum atomic E-state index is 13.0. The van der Waals surface area contributed by atoms with E-state index in [-0.39, 0.29) is 12.2 Å². The molecule has 1 aromatic carbocycles. The molecular weight excluding hydrogens is 249 g/mol. The van der Waals surface area contributed by atoms with E-state index < -0.39 is 5.91 Å². The Morgan fingerprint density at radius 3 is 2.86 bits per heavy atom. The molecule has 0 aliphatic rings. The Labute approximate surface area is 89.4 Å². The van der Waals surface area contributed by atoms with E-state index in [1.165, 1.54) is 6.07 Å². The van der Waals surface area contributed by atoms with Crippen molar-refractivity contribution in [1.82, 2.24) is 0 Å². The quantitative estimate of drug-likeness (QED) is 0.765. The molecule has 0 heterocycles. The lowest BCUT2D eigenvalue weighted by Gasteiger charge is -1.93. The Hall–Kier alpha value is -1.34. The van der Waals surface area contributed by atoms with Gasteiger partial charge >= 0.3 is 0 Å². The van der Waals surface area contributed by atoms with Crippen LogP contribution in [0.2, 0.25) is 0 Å². The van der Waals surface area contributed by atoms with Gasteiger partial charge in [-0.05, 0) is 34.1 Å². The first kappa shape index (κ1) is 10.7. The van der Waals surface area contributed by atoms with Gasteiger partial charge in [0, 0.05) is 5.56 Å². The number of hydrogen-bond acceptors (Lipinski definition) is 1. The monoisotopic (exact) mass is 255 g/mol. The Morgan fingerprint density at radius 2 is 2.29 bits per heavy atom. The fraction of sp³-hybridized carbons (Fsp3) is 0.100. The third kappa shape index (κ3) is 3.19. The second-order valence-corrected chi connectivity index (χ2v) is 3.43. The minimum atomic E-state index is -0.491. The van der Waals surface area contributed by atoms with Crippen molar-refractivity contribution >= 4 is 21.8 Å². The van der Waals surface area contributed by atoms with Gasteiger partial charge in [-0.3, -0.25) is 4.79 Å². The molecule has 0 aliphatic carbocycles. The molecule has 0 radical (unpaired) electrons. The van der Waals surface area contributed by atoms with Crippen molar-refractivity contribution < 1.29 is 9.18 Å². The summed E-state index contributed by atoms with van der Waals surface area (Å²) in [6, 6.07) is 4.50.